The van der Waals surface area contributed by atoms with E-state index in [9.17, 15) is 19.2 Å². The molecule has 0 aliphatic heterocycles. The molecule has 0 spiro atoms. The van der Waals surface area contributed by atoms with Gasteiger partial charge in [0.05, 0.1) is 16.4 Å². The summed E-state index contributed by atoms with van der Waals surface area (Å²) in [5, 5.41) is 5.28. The Bertz CT molecular complexity index is 1240. The molecule has 0 aromatic heterocycles. The van der Waals surface area contributed by atoms with Gasteiger partial charge in [-0.05, 0) is 54.9 Å². The average molecular weight is 550 g/mol. The maximum atomic E-state index is 13.2. The van der Waals surface area contributed by atoms with Crippen molar-refractivity contribution in [2.24, 2.45) is 5.92 Å². The van der Waals surface area contributed by atoms with E-state index in [4.69, 9.17) is 15.0 Å². The number of amides is 2. The van der Waals surface area contributed by atoms with Crippen molar-refractivity contribution in [1.82, 2.24) is 10.6 Å². The zero-order chi connectivity index (χ0) is 29.2. The fourth-order valence-electron chi connectivity index (χ4n) is 4.74. The number of Topliss-reactive ketones (excluding diaryl/α,β-unsaturated/α-hetero) is 1. The molecular formula is C30H37N4O6+. The Kier molecular flexibility index (Phi) is 10.7. The molecule has 2 aromatic rings. The van der Waals surface area contributed by atoms with Crippen molar-refractivity contribution >= 4 is 30.0 Å². The normalized spacial score (nSPS) is 13.4. The molecule has 0 bridgehead atoms. The first-order chi connectivity index (χ1) is 19.1. The maximum Gasteiger partial charge on any atom is 0.407 e. The highest BCUT2D eigenvalue weighted by Crippen LogP contribution is 2.44. The van der Waals surface area contributed by atoms with Crippen molar-refractivity contribution < 1.29 is 33.4 Å². The Morgan fingerprint density at radius 3 is 2.08 bits per heavy atom. The van der Waals surface area contributed by atoms with Crippen LogP contribution in [0.3, 0.4) is 0 Å². The molecule has 3 N–H and O–H groups in total. The molecule has 1 aliphatic rings. The highest BCUT2D eigenvalue weighted by molar-refractivity contribution is 6.25. The highest BCUT2D eigenvalue weighted by Gasteiger charge is 2.32. The topological polar surface area (TPSA) is 149 Å². The van der Waals surface area contributed by atoms with Crippen molar-refractivity contribution in [2.75, 3.05) is 6.61 Å². The highest BCUT2D eigenvalue weighted by atomic mass is 16.6. The minimum Gasteiger partial charge on any atom is -0.461 e. The number of benzene rings is 2. The lowest BCUT2D eigenvalue weighted by molar-refractivity contribution is -0.152. The molecule has 2 atom stereocenters. The van der Waals surface area contributed by atoms with Crippen molar-refractivity contribution in [2.45, 2.75) is 71.1 Å². The molecule has 0 saturated carbocycles. The van der Waals surface area contributed by atoms with E-state index >= 15 is 0 Å². The van der Waals surface area contributed by atoms with E-state index in [1.54, 1.807) is 13.8 Å². The van der Waals surface area contributed by atoms with Crippen LogP contribution in [0.15, 0.2) is 48.5 Å². The number of hydrogen-bond donors (Lipinski definition) is 3. The molecule has 40 heavy (non-hydrogen) atoms. The number of ether oxygens (including phenoxy) is 2. The number of rotatable bonds is 13. The second-order valence-electron chi connectivity index (χ2n) is 10.5. The largest absolute Gasteiger partial charge is 0.461 e. The summed E-state index contributed by atoms with van der Waals surface area (Å²) in [5.41, 5.74) is 11.2. The monoisotopic (exact) mass is 549 g/mol. The number of fused-ring (bicyclic) bond motifs is 3. The first kappa shape index (κ1) is 30.2. The summed E-state index contributed by atoms with van der Waals surface area (Å²) < 4.78 is 10.9. The smallest absolute Gasteiger partial charge is 0.407 e. The van der Waals surface area contributed by atoms with Gasteiger partial charge in [-0.25, -0.2) is 9.59 Å². The Morgan fingerprint density at radius 1 is 0.925 bits per heavy atom. The molecule has 1 aliphatic carbocycles. The van der Waals surface area contributed by atoms with Gasteiger partial charge in [0, 0.05) is 12.3 Å². The van der Waals surface area contributed by atoms with Crippen LogP contribution in [-0.2, 0) is 23.9 Å². The molecule has 0 saturated heterocycles. The summed E-state index contributed by atoms with van der Waals surface area (Å²) in [6.45, 7) is 7.26. The quantitative estimate of drug-likeness (QED) is 0.149. The van der Waals surface area contributed by atoms with Crippen molar-refractivity contribution in [3.8, 4) is 11.1 Å². The van der Waals surface area contributed by atoms with Crippen LogP contribution in [0.5, 0.6) is 0 Å². The molecule has 2 aromatic carbocycles. The van der Waals surface area contributed by atoms with E-state index in [0.717, 1.165) is 28.5 Å². The minimum atomic E-state index is -1.11. The van der Waals surface area contributed by atoms with E-state index in [1.165, 1.54) is 0 Å². The van der Waals surface area contributed by atoms with Crippen LogP contribution in [0.4, 0.5) is 4.79 Å². The zero-order valence-electron chi connectivity index (χ0n) is 23.3. The number of alkyl carbamates (subject to hydrolysis) is 1. The lowest BCUT2D eigenvalue weighted by atomic mass is 9.98. The molecule has 0 radical (unpaired) electrons. The van der Waals surface area contributed by atoms with Gasteiger partial charge >= 0.3 is 18.3 Å². The summed E-state index contributed by atoms with van der Waals surface area (Å²) in [6, 6.07) is 13.9. The predicted molar refractivity (Wildman–Crippen MR) is 148 cm³/mol. The number of ketones is 1. The van der Waals surface area contributed by atoms with Gasteiger partial charge in [-0.2, -0.15) is 0 Å². The lowest BCUT2D eigenvalue weighted by Crippen LogP contribution is -2.52. The van der Waals surface area contributed by atoms with E-state index in [-0.39, 0.29) is 31.3 Å². The minimum absolute atomic E-state index is 0.0402. The third-order valence-corrected chi connectivity index (χ3v) is 6.50. The lowest BCUT2D eigenvalue weighted by Gasteiger charge is -2.24. The number of hydrogen-bond acceptors (Lipinski definition) is 7. The van der Waals surface area contributed by atoms with Crippen molar-refractivity contribution in [3.05, 3.63) is 59.7 Å². The van der Waals surface area contributed by atoms with Crippen LogP contribution >= 0.6 is 0 Å². The van der Waals surface area contributed by atoms with Crippen LogP contribution in [0.25, 0.3) is 11.1 Å². The van der Waals surface area contributed by atoms with E-state index < -0.39 is 41.9 Å². The first-order valence-corrected chi connectivity index (χ1v) is 13.5. The Balaban J connectivity index is 1.68. The predicted octanol–water partition coefficient (Wildman–Crippen LogP) is 4.04. The molecule has 0 heterocycles. The molecular weight excluding hydrogens is 512 g/mol. The summed E-state index contributed by atoms with van der Waals surface area (Å²) in [7, 11) is 0. The SMILES string of the molecule is CC(C)CC(NC(=O)OCC1c2ccccc2-c2ccccc21)C(=O)NC(CCC(=O)C=[N+]=N)C(=O)OC(C)C. The molecule has 3 rings (SSSR count). The Hall–Kier alpha value is -4.30. The van der Waals surface area contributed by atoms with Gasteiger partial charge < -0.3 is 20.1 Å². The third-order valence-electron chi connectivity index (χ3n) is 6.50. The Labute approximate surface area is 234 Å². The fraction of sp³-hybridized carbons (Fsp3) is 0.433. The average Bonchev–Trinajstić information content (AvgIpc) is 3.22. The van der Waals surface area contributed by atoms with Gasteiger partial charge in [-0.1, -0.05) is 62.4 Å². The molecule has 0 fully saturated rings. The number of nitrogens with one attached hydrogen (secondary N) is 3. The number of carbonyl (C=O) groups excluding carboxylic acids is 4. The van der Waals surface area contributed by atoms with Gasteiger partial charge in [0.15, 0.2) is 0 Å². The van der Waals surface area contributed by atoms with Crippen LogP contribution in [0.2, 0.25) is 0 Å². The third kappa shape index (κ3) is 8.10. The molecule has 2 unspecified atom stereocenters. The summed E-state index contributed by atoms with van der Waals surface area (Å²) in [4.78, 5) is 53.6. The van der Waals surface area contributed by atoms with E-state index in [1.807, 2.05) is 62.4 Å². The second kappa shape index (κ2) is 14.2. The summed E-state index contributed by atoms with van der Waals surface area (Å²) in [6.07, 6.45) is -0.190. The van der Waals surface area contributed by atoms with Gasteiger partial charge in [-0.3, -0.25) is 9.59 Å². The van der Waals surface area contributed by atoms with Crippen molar-refractivity contribution in [3.63, 3.8) is 0 Å². The molecule has 10 heteroatoms. The number of carbonyl (C=O) groups is 4. The van der Waals surface area contributed by atoms with Crippen molar-refractivity contribution in [1.29, 1.82) is 5.53 Å². The van der Waals surface area contributed by atoms with E-state index in [2.05, 4.69) is 15.4 Å². The molecule has 2 amide bonds. The fourth-order valence-corrected chi connectivity index (χ4v) is 4.74. The standard InChI is InChI=1S/C30H36N4O6/c1-18(2)15-27(28(36)33-26(29(37)40-19(3)4)14-13-20(35)16-32-31)34-30(38)39-17-25-23-11-7-5-9-21(23)22-10-6-8-12-24(22)25/h5-12,16,18-19,25-27,31H,13-15,17H2,1-4H3,(H-,33,34,36,38)/p+1. The van der Waals surface area contributed by atoms with Gasteiger partial charge in [0.2, 0.25) is 11.7 Å². The molecule has 10 nitrogen and oxygen atoms in total. The molecule has 212 valence electrons. The van der Waals surface area contributed by atoms with Gasteiger partial charge in [0.25, 0.3) is 0 Å². The second-order valence-corrected chi connectivity index (χ2v) is 10.5. The zero-order valence-corrected chi connectivity index (χ0v) is 23.3. The summed E-state index contributed by atoms with van der Waals surface area (Å²) in [5.74, 6) is -1.82. The van der Waals surface area contributed by atoms with Crippen LogP contribution in [-0.4, -0.2) is 59.6 Å². The maximum absolute atomic E-state index is 13.2. The number of esters is 1. The van der Waals surface area contributed by atoms with Gasteiger partial charge in [-0.15, -0.1) is 0 Å². The van der Waals surface area contributed by atoms with Crippen LogP contribution in [0.1, 0.15) is 64.0 Å². The van der Waals surface area contributed by atoms with E-state index in [0.29, 0.717) is 6.42 Å². The first-order valence-electron chi connectivity index (χ1n) is 13.5. The number of nitrogens with zero attached hydrogens (tertiary/aromatic N) is 1. The summed E-state index contributed by atoms with van der Waals surface area (Å²) >= 11 is 0. The van der Waals surface area contributed by atoms with Crippen LogP contribution in [0, 0.1) is 11.4 Å². The van der Waals surface area contributed by atoms with Crippen LogP contribution < -0.4 is 10.6 Å². The van der Waals surface area contributed by atoms with Gasteiger partial charge in [0.1, 0.15) is 18.7 Å². The Morgan fingerprint density at radius 2 is 1.52 bits per heavy atom.